The second kappa shape index (κ2) is 7.56. The van der Waals surface area contributed by atoms with Crippen molar-refractivity contribution in [2.24, 2.45) is 7.05 Å². The summed E-state index contributed by atoms with van der Waals surface area (Å²) in [5.74, 6) is -0.402. The Morgan fingerprint density at radius 1 is 1.41 bits per heavy atom. The van der Waals surface area contributed by atoms with Crippen molar-refractivity contribution < 1.29 is 14.3 Å². The van der Waals surface area contributed by atoms with E-state index in [1.165, 1.54) is 16.8 Å². The Morgan fingerprint density at radius 2 is 2.07 bits per heavy atom. The van der Waals surface area contributed by atoms with Crippen LogP contribution >= 0.6 is 0 Å². The molecule has 27 heavy (non-hydrogen) atoms. The maximum absolute atomic E-state index is 13.9. The molecule has 3 rings (SSSR count). The van der Waals surface area contributed by atoms with E-state index in [4.69, 9.17) is 5.73 Å². The molecule has 8 heteroatoms. The van der Waals surface area contributed by atoms with Gasteiger partial charge < -0.3 is 21.1 Å². The number of carbonyl (C=O) groups excluding carboxylic acids is 1. The summed E-state index contributed by atoms with van der Waals surface area (Å²) in [6.45, 7) is 4.92. The summed E-state index contributed by atoms with van der Waals surface area (Å²) < 4.78 is 15.4. The monoisotopic (exact) mass is 375 g/mol. The number of aromatic nitrogens is 2. The number of amides is 1. The van der Waals surface area contributed by atoms with Crippen LogP contribution in [0.5, 0.6) is 0 Å². The van der Waals surface area contributed by atoms with Crippen molar-refractivity contribution in [1.29, 1.82) is 0 Å². The number of anilines is 2. The fourth-order valence-electron chi connectivity index (χ4n) is 3.57. The van der Waals surface area contributed by atoms with Gasteiger partial charge in [0.2, 0.25) is 0 Å². The Kier molecular flexibility index (Phi) is 5.36. The molecule has 1 aromatic carbocycles. The molecule has 1 unspecified atom stereocenters. The molecule has 1 saturated heterocycles. The third kappa shape index (κ3) is 3.90. The van der Waals surface area contributed by atoms with Crippen LogP contribution in [0.2, 0.25) is 0 Å². The quantitative estimate of drug-likeness (QED) is 0.758. The third-order valence-electron chi connectivity index (χ3n) is 5.10. The van der Waals surface area contributed by atoms with Crippen molar-refractivity contribution in [3.8, 4) is 0 Å². The molecule has 0 saturated carbocycles. The largest absolute Gasteiger partial charge is 0.393 e. The zero-order valence-corrected chi connectivity index (χ0v) is 15.9. The van der Waals surface area contributed by atoms with Gasteiger partial charge in [-0.3, -0.25) is 9.48 Å². The summed E-state index contributed by atoms with van der Waals surface area (Å²) >= 11 is 0. The molecular weight excluding hydrogens is 349 g/mol. The van der Waals surface area contributed by atoms with Gasteiger partial charge in [0.1, 0.15) is 17.2 Å². The number of nitrogens with one attached hydrogen (secondary N) is 1. The Bertz CT molecular complexity index is 843. The van der Waals surface area contributed by atoms with E-state index >= 15 is 0 Å². The van der Waals surface area contributed by atoms with Crippen molar-refractivity contribution >= 4 is 17.4 Å². The molecule has 1 atom stereocenters. The van der Waals surface area contributed by atoms with Gasteiger partial charge in [0.25, 0.3) is 5.91 Å². The highest BCUT2D eigenvalue weighted by Gasteiger charge is 2.24. The Balaban J connectivity index is 1.84. The lowest BCUT2D eigenvalue weighted by molar-refractivity contribution is 0.0940. The number of aliphatic hydroxyl groups excluding tert-OH is 1. The summed E-state index contributed by atoms with van der Waals surface area (Å²) in [6.07, 6.45) is 1.05. The molecule has 2 heterocycles. The number of nitrogens with two attached hydrogens (primary N) is 1. The minimum absolute atomic E-state index is 0.293. The van der Waals surface area contributed by atoms with Gasteiger partial charge >= 0.3 is 0 Å². The molecule has 0 radical (unpaired) electrons. The fourth-order valence-corrected chi connectivity index (χ4v) is 3.57. The number of nitrogen functional groups attached to an aromatic ring is 1. The molecule has 2 aromatic rings. The van der Waals surface area contributed by atoms with Crippen LogP contribution in [0.15, 0.2) is 18.2 Å². The lowest BCUT2D eigenvalue weighted by atomic mass is 10.0. The predicted molar refractivity (Wildman–Crippen MR) is 102 cm³/mol. The number of halogens is 1. The molecule has 1 aliphatic heterocycles. The standard InChI is InChI=1S/C19H26FN5O2/c1-11(22-19(27)17-12(2)23-24(3)18(17)21)15-10-13(20)4-5-16(15)25-8-6-14(26)7-9-25/h4-5,10-11,14,26H,6-9,21H2,1-3H3,(H,22,27). The van der Waals surface area contributed by atoms with Crippen LogP contribution in [-0.4, -0.2) is 40.0 Å². The van der Waals surface area contributed by atoms with Gasteiger partial charge in [0.05, 0.1) is 17.8 Å². The van der Waals surface area contributed by atoms with Crippen LogP contribution in [0.3, 0.4) is 0 Å². The second-order valence-electron chi connectivity index (χ2n) is 7.09. The zero-order valence-electron chi connectivity index (χ0n) is 15.9. The van der Waals surface area contributed by atoms with E-state index in [1.54, 1.807) is 20.0 Å². The normalized spacial score (nSPS) is 16.4. The SMILES string of the molecule is Cc1nn(C)c(N)c1C(=O)NC(C)c1cc(F)ccc1N1CCC(O)CC1. The molecular formula is C19H26FN5O2. The summed E-state index contributed by atoms with van der Waals surface area (Å²) in [7, 11) is 1.68. The summed E-state index contributed by atoms with van der Waals surface area (Å²) in [5.41, 5.74) is 8.39. The number of hydrogen-bond donors (Lipinski definition) is 3. The van der Waals surface area contributed by atoms with Crippen molar-refractivity contribution in [2.45, 2.75) is 38.8 Å². The average molecular weight is 375 g/mol. The molecule has 1 aromatic heterocycles. The van der Waals surface area contributed by atoms with Gasteiger partial charge in [-0.05, 0) is 44.9 Å². The Morgan fingerprint density at radius 3 is 2.67 bits per heavy atom. The van der Waals surface area contributed by atoms with Crippen LogP contribution in [0, 0.1) is 12.7 Å². The highest BCUT2D eigenvalue weighted by Crippen LogP contribution is 2.30. The summed E-state index contributed by atoms with van der Waals surface area (Å²) in [6, 6.07) is 4.18. The van der Waals surface area contributed by atoms with Crippen LogP contribution in [0.1, 0.15) is 47.4 Å². The second-order valence-corrected chi connectivity index (χ2v) is 7.09. The molecule has 0 spiro atoms. The number of piperidine rings is 1. The van der Waals surface area contributed by atoms with E-state index in [1.807, 2.05) is 6.92 Å². The van der Waals surface area contributed by atoms with Gasteiger partial charge in [-0.15, -0.1) is 0 Å². The van der Waals surface area contributed by atoms with Crippen molar-refractivity contribution in [2.75, 3.05) is 23.7 Å². The number of aryl methyl sites for hydroxylation is 2. The van der Waals surface area contributed by atoms with E-state index in [2.05, 4.69) is 15.3 Å². The first-order valence-electron chi connectivity index (χ1n) is 9.10. The number of carbonyl (C=O) groups is 1. The van der Waals surface area contributed by atoms with Crippen molar-refractivity contribution in [3.05, 3.63) is 40.8 Å². The smallest absolute Gasteiger partial charge is 0.257 e. The Hall–Kier alpha value is -2.61. The summed E-state index contributed by atoms with van der Waals surface area (Å²) in [5, 5.41) is 16.8. The van der Waals surface area contributed by atoms with Gasteiger partial charge in [0.15, 0.2) is 0 Å². The highest BCUT2D eigenvalue weighted by molar-refractivity contribution is 5.99. The lowest BCUT2D eigenvalue weighted by Gasteiger charge is -2.34. The summed E-state index contributed by atoms with van der Waals surface area (Å²) in [4.78, 5) is 14.8. The van der Waals surface area contributed by atoms with Crippen LogP contribution in [-0.2, 0) is 7.05 Å². The van der Waals surface area contributed by atoms with Crippen LogP contribution < -0.4 is 16.0 Å². The number of hydrogen-bond acceptors (Lipinski definition) is 5. The third-order valence-corrected chi connectivity index (χ3v) is 5.10. The number of nitrogens with zero attached hydrogens (tertiary/aromatic N) is 3. The molecule has 0 bridgehead atoms. The van der Waals surface area contributed by atoms with Crippen molar-refractivity contribution in [1.82, 2.24) is 15.1 Å². The number of rotatable bonds is 4. The van der Waals surface area contributed by atoms with E-state index < -0.39 is 6.04 Å². The molecule has 1 amide bonds. The molecule has 7 nitrogen and oxygen atoms in total. The highest BCUT2D eigenvalue weighted by atomic mass is 19.1. The van der Waals surface area contributed by atoms with E-state index in [0.29, 0.717) is 48.6 Å². The number of benzene rings is 1. The number of aliphatic hydroxyl groups is 1. The molecule has 1 aliphatic rings. The molecule has 146 valence electrons. The van der Waals surface area contributed by atoms with Gasteiger partial charge in [0, 0.05) is 31.4 Å². The first-order valence-corrected chi connectivity index (χ1v) is 9.10. The van der Waals surface area contributed by atoms with E-state index in [-0.39, 0.29) is 17.8 Å². The van der Waals surface area contributed by atoms with Crippen molar-refractivity contribution in [3.63, 3.8) is 0 Å². The van der Waals surface area contributed by atoms with Gasteiger partial charge in [-0.2, -0.15) is 5.10 Å². The minimum Gasteiger partial charge on any atom is -0.393 e. The maximum atomic E-state index is 13.9. The molecule has 1 fully saturated rings. The van der Waals surface area contributed by atoms with E-state index in [9.17, 15) is 14.3 Å². The molecule has 0 aliphatic carbocycles. The van der Waals surface area contributed by atoms with E-state index in [0.717, 1.165) is 5.69 Å². The Labute approximate surface area is 158 Å². The predicted octanol–water partition coefficient (Wildman–Crippen LogP) is 1.90. The van der Waals surface area contributed by atoms with Gasteiger partial charge in [-0.1, -0.05) is 0 Å². The van der Waals surface area contributed by atoms with Crippen LogP contribution in [0.4, 0.5) is 15.9 Å². The minimum atomic E-state index is -0.422. The topological polar surface area (TPSA) is 96.4 Å². The lowest BCUT2D eigenvalue weighted by Crippen LogP contribution is -2.37. The first-order chi connectivity index (χ1) is 12.8. The van der Waals surface area contributed by atoms with Crippen LogP contribution in [0.25, 0.3) is 0 Å². The molecule has 4 N–H and O–H groups in total. The average Bonchev–Trinajstić information content (AvgIpc) is 2.87. The zero-order chi connectivity index (χ0) is 19.7. The van der Waals surface area contributed by atoms with Gasteiger partial charge in [-0.25, -0.2) is 4.39 Å². The maximum Gasteiger partial charge on any atom is 0.257 e. The fraction of sp³-hybridized carbons (Fsp3) is 0.474. The first kappa shape index (κ1) is 19.2.